The fraction of sp³-hybridized carbons (Fsp3) is 0.280. The number of nitrogens with zero attached hydrogens (tertiary/aromatic N) is 4. The molecule has 0 aliphatic carbocycles. The number of anilines is 1. The molecule has 1 N–H and O–H groups in total. The smallest absolute Gasteiger partial charge is 0.419 e. The molecule has 0 radical (unpaired) electrons. The Hall–Kier alpha value is -3.73. The summed E-state index contributed by atoms with van der Waals surface area (Å²) in [4.78, 5) is 6.48. The van der Waals surface area contributed by atoms with Gasteiger partial charge in [-0.2, -0.15) is 18.3 Å². The van der Waals surface area contributed by atoms with Gasteiger partial charge in [-0.25, -0.2) is 18.4 Å². The molecule has 1 aliphatic rings. The van der Waals surface area contributed by atoms with Crippen LogP contribution < -0.4 is 4.90 Å². The number of aryl methyl sites for hydroxylation is 1. The Kier molecular flexibility index (Phi) is 6.03. The van der Waals surface area contributed by atoms with Crippen LogP contribution in [-0.4, -0.2) is 45.7 Å². The summed E-state index contributed by atoms with van der Waals surface area (Å²) in [5, 5.41) is 14.4. The number of morpholine rings is 1. The van der Waals surface area contributed by atoms with Gasteiger partial charge in [-0.1, -0.05) is 30.3 Å². The fourth-order valence-corrected chi connectivity index (χ4v) is 4.41. The second-order valence-electron chi connectivity index (χ2n) is 8.60. The van der Waals surface area contributed by atoms with E-state index in [0.29, 0.717) is 42.7 Å². The van der Waals surface area contributed by atoms with Crippen LogP contribution in [0.5, 0.6) is 5.75 Å². The first-order valence-electron chi connectivity index (χ1n) is 11.2. The molecule has 2 aromatic carbocycles. The number of fused-ring (bicyclic) bond motifs is 1. The molecule has 4 aromatic rings. The van der Waals surface area contributed by atoms with E-state index < -0.39 is 34.8 Å². The molecular formula is C25H21F5N4O2. The van der Waals surface area contributed by atoms with Gasteiger partial charge in [0.05, 0.1) is 35.7 Å². The maximum absolute atomic E-state index is 14.7. The van der Waals surface area contributed by atoms with Gasteiger partial charge in [0.25, 0.3) is 0 Å². The summed E-state index contributed by atoms with van der Waals surface area (Å²) >= 11 is 0. The van der Waals surface area contributed by atoms with E-state index in [1.54, 1.807) is 13.0 Å². The largest absolute Gasteiger partial charge is 0.503 e. The average Bonchev–Trinajstić information content (AvgIpc) is 3.18. The maximum atomic E-state index is 14.7. The Morgan fingerprint density at radius 2 is 1.86 bits per heavy atom. The number of ether oxygens (including phenoxy) is 1. The summed E-state index contributed by atoms with van der Waals surface area (Å²) in [7, 11) is 0. The SMILES string of the molecule is Cc1nn(-c2cc(C(F)(F)F)c(F)c(O)c2F)c2cnc(N3CCOC(Cc4ccccc4)C3)cc12. The van der Waals surface area contributed by atoms with E-state index in [1.165, 1.54) is 6.20 Å². The normalized spacial score (nSPS) is 16.6. The molecule has 0 bridgehead atoms. The zero-order chi connectivity index (χ0) is 25.6. The van der Waals surface area contributed by atoms with E-state index in [1.807, 2.05) is 35.2 Å². The summed E-state index contributed by atoms with van der Waals surface area (Å²) in [6, 6.07) is 12.0. The third-order valence-corrected chi connectivity index (χ3v) is 6.20. The van der Waals surface area contributed by atoms with Gasteiger partial charge in [-0.05, 0) is 24.6 Å². The van der Waals surface area contributed by atoms with Crippen LogP contribution in [0.25, 0.3) is 16.6 Å². The number of hydrogen-bond acceptors (Lipinski definition) is 5. The van der Waals surface area contributed by atoms with Crippen molar-refractivity contribution in [3.05, 3.63) is 77.1 Å². The predicted octanol–water partition coefficient (Wildman–Crippen LogP) is 5.18. The molecule has 11 heteroatoms. The van der Waals surface area contributed by atoms with E-state index in [0.717, 1.165) is 16.7 Å². The highest BCUT2D eigenvalue weighted by Gasteiger charge is 2.38. The van der Waals surface area contributed by atoms with Gasteiger partial charge in [0.2, 0.25) is 0 Å². The summed E-state index contributed by atoms with van der Waals surface area (Å²) < 4.78 is 75.2. The molecular weight excluding hydrogens is 483 g/mol. The van der Waals surface area contributed by atoms with Gasteiger partial charge >= 0.3 is 6.18 Å². The van der Waals surface area contributed by atoms with Crippen LogP contribution in [0.1, 0.15) is 16.8 Å². The highest BCUT2D eigenvalue weighted by atomic mass is 19.4. The molecule has 1 aliphatic heterocycles. The van der Waals surface area contributed by atoms with Crippen molar-refractivity contribution < 1.29 is 31.8 Å². The molecule has 1 saturated heterocycles. The van der Waals surface area contributed by atoms with Crippen LogP contribution in [0.15, 0.2) is 48.7 Å². The van der Waals surface area contributed by atoms with Crippen molar-refractivity contribution in [1.82, 2.24) is 14.8 Å². The monoisotopic (exact) mass is 504 g/mol. The van der Waals surface area contributed by atoms with Gasteiger partial charge in [-0.15, -0.1) is 0 Å². The first-order valence-corrected chi connectivity index (χ1v) is 11.2. The molecule has 188 valence electrons. The van der Waals surface area contributed by atoms with Gasteiger partial charge in [-0.3, -0.25) is 0 Å². The molecule has 1 unspecified atom stereocenters. The number of hydrogen-bond donors (Lipinski definition) is 1. The van der Waals surface area contributed by atoms with Crippen LogP contribution >= 0.6 is 0 Å². The average molecular weight is 504 g/mol. The minimum absolute atomic E-state index is 0.0560. The topological polar surface area (TPSA) is 63.4 Å². The molecule has 2 aromatic heterocycles. The first kappa shape index (κ1) is 24.0. The number of aromatic hydroxyl groups is 1. The molecule has 1 fully saturated rings. The summed E-state index contributed by atoms with van der Waals surface area (Å²) in [6.45, 7) is 3.28. The molecule has 1 atom stereocenters. The van der Waals surface area contributed by atoms with Gasteiger partial charge in [0, 0.05) is 24.9 Å². The van der Waals surface area contributed by atoms with Crippen molar-refractivity contribution in [2.24, 2.45) is 0 Å². The number of alkyl halides is 3. The molecule has 3 heterocycles. The molecule has 6 nitrogen and oxygen atoms in total. The lowest BCUT2D eigenvalue weighted by molar-refractivity contribution is -0.140. The van der Waals surface area contributed by atoms with E-state index in [2.05, 4.69) is 10.1 Å². The van der Waals surface area contributed by atoms with Gasteiger partial charge in [0.1, 0.15) is 11.5 Å². The quantitative estimate of drug-likeness (QED) is 0.388. The van der Waals surface area contributed by atoms with Crippen LogP contribution in [0, 0.1) is 18.6 Å². The summed E-state index contributed by atoms with van der Waals surface area (Å²) in [5.74, 6) is -4.73. The van der Waals surface area contributed by atoms with Crippen molar-refractivity contribution >= 4 is 16.7 Å². The molecule has 0 spiro atoms. The molecule has 0 saturated carbocycles. The Balaban J connectivity index is 1.49. The van der Waals surface area contributed by atoms with Crippen molar-refractivity contribution in [3.63, 3.8) is 0 Å². The highest BCUT2D eigenvalue weighted by molar-refractivity contribution is 5.85. The van der Waals surface area contributed by atoms with Gasteiger partial charge in [0.15, 0.2) is 17.4 Å². The zero-order valence-electron chi connectivity index (χ0n) is 19.1. The number of benzene rings is 2. The first-order chi connectivity index (χ1) is 17.1. The number of pyridine rings is 1. The number of phenolic OH excluding ortho intramolecular Hbond substituents is 1. The van der Waals surface area contributed by atoms with E-state index >= 15 is 0 Å². The number of rotatable bonds is 4. The van der Waals surface area contributed by atoms with E-state index in [4.69, 9.17) is 4.74 Å². The number of halogens is 5. The Morgan fingerprint density at radius 1 is 1.11 bits per heavy atom. The van der Waals surface area contributed by atoms with Crippen molar-refractivity contribution in [2.45, 2.75) is 25.6 Å². The zero-order valence-corrected chi connectivity index (χ0v) is 19.1. The molecule has 5 rings (SSSR count). The summed E-state index contributed by atoms with van der Waals surface area (Å²) in [6.07, 6.45) is -3.09. The van der Waals surface area contributed by atoms with E-state index in [9.17, 15) is 27.1 Å². The standard InChI is InChI=1S/C25H21F5N4O2/c1-14-17-10-21(33-7-8-36-16(13-33)9-15-5-3-2-4-6-15)31-12-20(17)34(32-14)19-11-18(25(28,29)30)22(26)24(35)23(19)27/h2-6,10-12,16,35H,7-9,13H2,1H3. The number of aromatic nitrogens is 3. The van der Waals surface area contributed by atoms with Crippen LogP contribution in [0.2, 0.25) is 0 Å². The van der Waals surface area contributed by atoms with Crippen LogP contribution in [-0.2, 0) is 17.3 Å². The van der Waals surface area contributed by atoms with Crippen LogP contribution in [0.4, 0.5) is 27.8 Å². The maximum Gasteiger partial charge on any atom is 0.419 e. The highest BCUT2D eigenvalue weighted by Crippen LogP contribution is 2.39. The van der Waals surface area contributed by atoms with Crippen molar-refractivity contribution in [3.8, 4) is 11.4 Å². The predicted molar refractivity (Wildman–Crippen MR) is 122 cm³/mol. The van der Waals surface area contributed by atoms with Crippen molar-refractivity contribution in [1.29, 1.82) is 0 Å². The Labute approximate surface area is 202 Å². The number of phenols is 1. The van der Waals surface area contributed by atoms with Gasteiger partial charge < -0.3 is 14.7 Å². The molecule has 0 amide bonds. The third kappa shape index (κ3) is 4.34. The van der Waals surface area contributed by atoms with E-state index in [-0.39, 0.29) is 11.6 Å². The lowest BCUT2D eigenvalue weighted by Crippen LogP contribution is -2.43. The Morgan fingerprint density at radius 3 is 2.58 bits per heavy atom. The molecule has 36 heavy (non-hydrogen) atoms. The second kappa shape index (κ2) is 9.05. The third-order valence-electron chi connectivity index (χ3n) is 6.20. The lowest BCUT2D eigenvalue weighted by Gasteiger charge is -2.34. The fourth-order valence-electron chi connectivity index (χ4n) is 4.41. The minimum atomic E-state index is -5.14. The van der Waals surface area contributed by atoms with Crippen LogP contribution in [0.3, 0.4) is 0 Å². The second-order valence-corrected chi connectivity index (χ2v) is 8.60. The lowest BCUT2D eigenvalue weighted by atomic mass is 10.1. The van der Waals surface area contributed by atoms with Crippen molar-refractivity contribution in [2.75, 3.05) is 24.6 Å². The summed E-state index contributed by atoms with van der Waals surface area (Å²) in [5.41, 5.74) is -0.765. The minimum Gasteiger partial charge on any atom is -0.503 e. The Bertz CT molecular complexity index is 1420.